The molecule has 0 aliphatic rings. The zero-order chi connectivity index (χ0) is 13.7. The van der Waals surface area contributed by atoms with E-state index in [4.69, 9.17) is 15.3 Å². The highest BCUT2D eigenvalue weighted by atomic mass is 16.3. The molecule has 0 radical (unpaired) electrons. The quantitative estimate of drug-likeness (QED) is 0.618. The van der Waals surface area contributed by atoms with Crippen LogP contribution in [0.15, 0.2) is 12.1 Å². The highest BCUT2D eigenvalue weighted by molar-refractivity contribution is 5.97. The van der Waals surface area contributed by atoms with Crippen molar-refractivity contribution in [1.82, 2.24) is 0 Å². The van der Waals surface area contributed by atoms with Gasteiger partial charge in [-0.05, 0) is 29.7 Å². The minimum absolute atomic E-state index is 0.0654. The van der Waals surface area contributed by atoms with E-state index in [0.29, 0.717) is 22.3 Å². The zero-order valence-corrected chi connectivity index (χ0v) is 10.1. The van der Waals surface area contributed by atoms with Crippen molar-refractivity contribution in [2.24, 2.45) is 0 Å². The van der Waals surface area contributed by atoms with E-state index in [0.717, 1.165) is 0 Å². The number of carbonyl (C=O) groups is 2. The van der Waals surface area contributed by atoms with Gasteiger partial charge in [0.2, 0.25) is 0 Å². The second-order valence-corrected chi connectivity index (χ2v) is 4.02. The molecule has 0 atom stereocenters. The maximum Gasteiger partial charge on any atom is 0.162 e. The topological polar surface area (TPSA) is 94.8 Å². The minimum Gasteiger partial charge on any atom is -0.392 e. The van der Waals surface area contributed by atoms with Crippen molar-refractivity contribution >= 4 is 11.6 Å². The zero-order valence-electron chi connectivity index (χ0n) is 10.1. The van der Waals surface area contributed by atoms with Crippen LogP contribution in [-0.4, -0.2) is 33.5 Å². The Morgan fingerprint density at radius 1 is 1.00 bits per heavy atom. The number of carbonyl (C=O) groups excluding carboxylic acids is 2. The predicted molar refractivity (Wildman–Crippen MR) is 64.1 cm³/mol. The van der Waals surface area contributed by atoms with Gasteiger partial charge in [-0.15, -0.1) is 0 Å². The molecule has 18 heavy (non-hydrogen) atoms. The number of hydrogen-bond donors (Lipinski definition) is 3. The summed E-state index contributed by atoms with van der Waals surface area (Å²) in [5.74, 6) is -0.631. The fourth-order valence-corrected chi connectivity index (χ4v) is 1.78. The number of benzene rings is 1. The van der Waals surface area contributed by atoms with Crippen LogP contribution in [0.25, 0.3) is 0 Å². The standard InChI is InChI=1S/C13H16O5/c1-8(17)13-4-11(6-15)10(5-14)2-9(13)3-12(18)7-16/h2,4,14-16H,3,5-7H2,1H3. The second-order valence-electron chi connectivity index (χ2n) is 4.02. The molecule has 0 unspecified atom stereocenters. The number of aliphatic hydroxyl groups excluding tert-OH is 3. The third-order valence-corrected chi connectivity index (χ3v) is 2.71. The Bertz CT molecular complexity index is 465. The number of aliphatic hydroxyl groups is 3. The number of ketones is 2. The Labute approximate surface area is 105 Å². The van der Waals surface area contributed by atoms with Gasteiger partial charge in [-0.25, -0.2) is 0 Å². The van der Waals surface area contributed by atoms with E-state index in [9.17, 15) is 9.59 Å². The first-order chi connectivity index (χ1) is 8.53. The van der Waals surface area contributed by atoms with Crippen LogP contribution in [0.1, 0.15) is 34.0 Å². The van der Waals surface area contributed by atoms with E-state index in [2.05, 4.69) is 0 Å². The minimum atomic E-state index is -0.590. The molecule has 0 bridgehead atoms. The number of hydrogen-bond acceptors (Lipinski definition) is 5. The van der Waals surface area contributed by atoms with Crippen LogP contribution in [0.4, 0.5) is 0 Å². The molecular formula is C13H16O5. The van der Waals surface area contributed by atoms with Gasteiger partial charge in [0.1, 0.15) is 6.61 Å². The molecule has 0 heterocycles. The van der Waals surface area contributed by atoms with E-state index < -0.39 is 12.4 Å². The van der Waals surface area contributed by atoms with Gasteiger partial charge in [-0.3, -0.25) is 9.59 Å². The first-order valence-electron chi connectivity index (χ1n) is 5.53. The van der Waals surface area contributed by atoms with E-state index >= 15 is 0 Å². The maximum atomic E-state index is 11.5. The van der Waals surface area contributed by atoms with Gasteiger partial charge in [0, 0.05) is 12.0 Å². The van der Waals surface area contributed by atoms with E-state index in [-0.39, 0.29) is 25.4 Å². The van der Waals surface area contributed by atoms with E-state index in [1.54, 1.807) is 0 Å². The smallest absolute Gasteiger partial charge is 0.162 e. The summed E-state index contributed by atoms with van der Waals surface area (Å²) < 4.78 is 0. The lowest BCUT2D eigenvalue weighted by molar-refractivity contribution is -0.121. The second kappa shape index (κ2) is 6.39. The van der Waals surface area contributed by atoms with Crippen LogP contribution < -0.4 is 0 Å². The van der Waals surface area contributed by atoms with Gasteiger partial charge in [0.05, 0.1) is 13.2 Å². The lowest BCUT2D eigenvalue weighted by Gasteiger charge is -2.12. The fraction of sp³-hybridized carbons (Fsp3) is 0.385. The summed E-state index contributed by atoms with van der Waals surface area (Å²) >= 11 is 0. The van der Waals surface area contributed by atoms with Crippen molar-refractivity contribution in [3.8, 4) is 0 Å². The molecule has 0 saturated heterocycles. The molecule has 0 spiro atoms. The molecule has 1 aromatic rings. The van der Waals surface area contributed by atoms with E-state index in [1.807, 2.05) is 0 Å². The predicted octanol–water partition coefficient (Wildman–Crippen LogP) is -0.0223. The van der Waals surface area contributed by atoms with Gasteiger partial charge in [-0.1, -0.05) is 6.07 Å². The van der Waals surface area contributed by atoms with Crippen molar-refractivity contribution in [3.05, 3.63) is 34.4 Å². The molecule has 0 aliphatic carbocycles. The Balaban J connectivity index is 3.28. The van der Waals surface area contributed by atoms with Gasteiger partial charge in [0.15, 0.2) is 11.6 Å². The molecule has 5 heteroatoms. The molecular weight excluding hydrogens is 236 g/mol. The van der Waals surface area contributed by atoms with Gasteiger partial charge in [0.25, 0.3) is 0 Å². The average molecular weight is 252 g/mol. The SMILES string of the molecule is CC(=O)c1cc(CO)c(CO)cc1CC(=O)CO. The Kier molecular flexibility index (Phi) is 5.15. The van der Waals surface area contributed by atoms with Gasteiger partial charge >= 0.3 is 0 Å². The van der Waals surface area contributed by atoms with Crippen LogP contribution >= 0.6 is 0 Å². The first-order valence-corrected chi connectivity index (χ1v) is 5.53. The third kappa shape index (κ3) is 3.22. The maximum absolute atomic E-state index is 11.5. The monoisotopic (exact) mass is 252 g/mol. The summed E-state index contributed by atoms with van der Waals surface area (Å²) in [7, 11) is 0. The molecule has 1 rings (SSSR count). The molecule has 5 nitrogen and oxygen atoms in total. The number of Topliss-reactive ketones (excluding diaryl/α,β-unsaturated/α-hetero) is 2. The van der Waals surface area contributed by atoms with Crippen molar-refractivity contribution in [1.29, 1.82) is 0 Å². The molecule has 0 aliphatic heterocycles. The average Bonchev–Trinajstić information content (AvgIpc) is 2.37. The molecule has 0 amide bonds. The summed E-state index contributed by atoms with van der Waals surface area (Å²) in [5, 5.41) is 27.0. The van der Waals surface area contributed by atoms with Gasteiger partial charge < -0.3 is 15.3 Å². The summed E-state index contributed by atoms with van der Waals surface area (Å²) in [4.78, 5) is 22.7. The summed E-state index contributed by atoms with van der Waals surface area (Å²) in [6.45, 7) is 0.203. The van der Waals surface area contributed by atoms with Crippen LogP contribution in [0.3, 0.4) is 0 Å². The van der Waals surface area contributed by atoms with Crippen LogP contribution in [-0.2, 0) is 24.4 Å². The summed E-state index contributed by atoms with van der Waals surface area (Å²) in [6.07, 6.45) is -0.0654. The molecule has 3 N–H and O–H groups in total. The molecule has 98 valence electrons. The normalized spacial score (nSPS) is 10.4. The van der Waals surface area contributed by atoms with Crippen molar-refractivity contribution < 1.29 is 24.9 Å². The highest BCUT2D eigenvalue weighted by Gasteiger charge is 2.14. The number of rotatable bonds is 6. The van der Waals surface area contributed by atoms with Crippen molar-refractivity contribution in [2.75, 3.05) is 6.61 Å². The van der Waals surface area contributed by atoms with Crippen molar-refractivity contribution in [3.63, 3.8) is 0 Å². The third-order valence-electron chi connectivity index (χ3n) is 2.71. The van der Waals surface area contributed by atoms with Crippen molar-refractivity contribution in [2.45, 2.75) is 26.6 Å². The summed E-state index contributed by atoms with van der Waals surface area (Å²) in [6, 6.07) is 3.00. The fourth-order valence-electron chi connectivity index (χ4n) is 1.78. The highest BCUT2D eigenvalue weighted by Crippen LogP contribution is 2.19. The summed E-state index contributed by atoms with van der Waals surface area (Å²) in [5.41, 5.74) is 1.73. The lowest BCUT2D eigenvalue weighted by atomic mass is 9.94. The Hall–Kier alpha value is -1.56. The van der Waals surface area contributed by atoms with Crippen LogP contribution in [0.5, 0.6) is 0 Å². The molecule has 0 aromatic heterocycles. The van der Waals surface area contributed by atoms with Gasteiger partial charge in [-0.2, -0.15) is 0 Å². The largest absolute Gasteiger partial charge is 0.392 e. The molecule has 1 aromatic carbocycles. The molecule has 0 fully saturated rings. The first kappa shape index (κ1) is 14.5. The lowest BCUT2D eigenvalue weighted by Crippen LogP contribution is -2.12. The Morgan fingerprint density at radius 3 is 2.00 bits per heavy atom. The van der Waals surface area contributed by atoms with Crippen LogP contribution in [0.2, 0.25) is 0 Å². The molecule has 0 saturated carbocycles. The van der Waals surface area contributed by atoms with Crippen LogP contribution in [0, 0.1) is 0 Å². The van der Waals surface area contributed by atoms with E-state index in [1.165, 1.54) is 19.1 Å². The Morgan fingerprint density at radius 2 is 1.56 bits per heavy atom.